The second-order valence-corrected chi connectivity index (χ2v) is 8.29. The van der Waals surface area contributed by atoms with E-state index in [0.717, 1.165) is 22.9 Å². The highest BCUT2D eigenvalue weighted by atomic mass is 35.5. The average molecular weight is 446 g/mol. The van der Waals surface area contributed by atoms with Gasteiger partial charge in [0.15, 0.2) is 5.11 Å². The average Bonchev–Trinajstić information content (AvgIpc) is 3.40. The zero-order chi connectivity index (χ0) is 21.4. The van der Waals surface area contributed by atoms with Crippen LogP contribution < -0.4 is 10.2 Å². The van der Waals surface area contributed by atoms with Crippen LogP contribution in [-0.4, -0.2) is 19.6 Å². The summed E-state index contributed by atoms with van der Waals surface area (Å²) >= 11 is 11.9. The summed E-state index contributed by atoms with van der Waals surface area (Å²) in [6, 6.07) is 22.0. The molecule has 1 aliphatic heterocycles. The van der Waals surface area contributed by atoms with Gasteiger partial charge in [0, 0.05) is 30.0 Å². The van der Waals surface area contributed by atoms with Crippen molar-refractivity contribution in [2.45, 2.75) is 19.0 Å². The van der Waals surface area contributed by atoms with Gasteiger partial charge in [0.25, 0.3) is 0 Å². The lowest BCUT2D eigenvalue weighted by Crippen LogP contribution is -2.30. The van der Waals surface area contributed by atoms with Crippen LogP contribution in [0.15, 0.2) is 85.3 Å². The normalized spacial score (nSPS) is 18.3. The van der Waals surface area contributed by atoms with E-state index in [9.17, 15) is 0 Å². The Labute approximate surface area is 191 Å². The molecule has 0 unspecified atom stereocenters. The van der Waals surface area contributed by atoms with Gasteiger partial charge < -0.3 is 14.8 Å². The first-order chi connectivity index (χ1) is 15.1. The lowest BCUT2D eigenvalue weighted by molar-refractivity contribution is 0.548. The third kappa shape index (κ3) is 3.69. The van der Waals surface area contributed by atoms with Crippen molar-refractivity contribution in [2.75, 3.05) is 4.90 Å². The van der Waals surface area contributed by atoms with Crippen LogP contribution in [0.2, 0.25) is 5.02 Å². The maximum Gasteiger partial charge on any atom is 0.174 e. The number of anilines is 1. The van der Waals surface area contributed by atoms with Crippen molar-refractivity contribution in [3.63, 3.8) is 0 Å². The Morgan fingerprint density at radius 3 is 2.52 bits per heavy atom. The molecule has 1 aliphatic rings. The van der Waals surface area contributed by atoms with Crippen LogP contribution in [-0.2, 0) is 0 Å². The molecule has 3 aromatic heterocycles. The molecule has 0 radical (unpaired) electrons. The summed E-state index contributed by atoms with van der Waals surface area (Å²) in [6.45, 7) is 2.08. The van der Waals surface area contributed by atoms with Gasteiger partial charge in [-0.2, -0.15) is 0 Å². The van der Waals surface area contributed by atoms with Crippen molar-refractivity contribution in [1.82, 2.24) is 19.9 Å². The van der Waals surface area contributed by atoms with E-state index in [-0.39, 0.29) is 12.1 Å². The molecule has 0 aliphatic carbocycles. The zero-order valence-electron chi connectivity index (χ0n) is 16.8. The lowest BCUT2D eigenvalue weighted by atomic mass is 10.0. The topological polar surface area (TPSA) is 46.0 Å². The molecule has 0 spiro atoms. The van der Waals surface area contributed by atoms with E-state index in [1.165, 1.54) is 5.56 Å². The number of halogens is 1. The fraction of sp³-hybridized carbons (Fsp3) is 0.125. The summed E-state index contributed by atoms with van der Waals surface area (Å²) in [7, 11) is 0. The first-order valence-electron chi connectivity index (χ1n) is 9.98. The number of thiocarbonyl (C=S) groups is 1. The van der Waals surface area contributed by atoms with E-state index in [1.54, 1.807) is 6.20 Å². The summed E-state index contributed by atoms with van der Waals surface area (Å²) in [5, 5.41) is 4.77. The van der Waals surface area contributed by atoms with E-state index in [1.807, 2.05) is 48.8 Å². The summed E-state index contributed by atoms with van der Waals surface area (Å²) in [6.07, 6.45) is 5.48. The molecule has 7 heteroatoms. The van der Waals surface area contributed by atoms with Crippen LogP contribution in [0.3, 0.4) is 0 Å². The van der Waals surface area contributed by atoms with Crippen molar-refractivity contribution < 1.29 is 0 Å². The molecule has 5 rings (SSSR count). The molecule has 31 heavy (non-hydrogen) atoms. The number of aromatic nitrogens is 3. The minimum atomic E-state index is -0.115. The molecule has 0 bridgehead atoms. The number of hydrogen-bond donors (Lipinski definition) is 1. The van der Waals surface area contributed by atoms with Crippen LogP contribution in [0.1, 0.15) is 29.0 Å². The van der Waals surface area contributed by atoms with Gasteiger partial charge in [-0.3, -0.25) is 4.98 Å². The Bertz CT molecular complexity index is 1200. The fourth-order valence-electron chi connectivity index (χ4n) is 3.99. The van der Waals surface area contributed by atoms with Crippen molar-refractivity contribution in [2.24, 2.45) is 0 Å². The van der Waals surface area contributed by atoms with E-state index in [2.05, 4.69) is 62.0 Å². The number of aryl methyl sites for hydroxylation is 1. The molecule has 0 amide bonds. The van der Waals surface area contributed by atoms with E-state index >= 15 is 0 Å². The molecule has 1 aromatic carbocycles. The largest absolute Gasteiger partial charge is 0.351 e. The molecule has 154 valence electrons. The van der Waals surface area contributed by atoms with E-state index in [0.29, 0.717) is 10.1 Å². The molecule has 5 nitrogen and oxygen atoms in total. The van der Waals surface area contributed by atoms with Crippen molar-refractivity contribution in [1.29, 1.82) is 0 Å². The van der Waals surface area contributed by atoms with Gasteiger partial charge in [0.05, 0.1) is 16.8 Å². The van der Waals surface area contributed by atoms with Gasteiger partial charge in [-0.25, -0.2) is 4.98 Å². The van der Waals surface area contributed by atoms with Gasteiger partial charge in [0.2, 0.25) is 0 Å². The standard InChI is InChI=1S/C24H20ClN5S/c1-16-7-10-18(11-8-16)30-23(22(28-24(30)31)19-5-2-3-13-26-19)20-6-4-14-29(20)21-12-9-17(25)15-27-21/h2-15,22-23H,1H3,(H,28,31)/t22-,23-/m1/s1. The maximum absolute atomic E-state index is 6.06. The second-order valence-electron chi connectivity index (χ2n) is 7.47. The first-order valence-corrected chi connectivity index (χ1v) is 10.8. The quantitative estimate of drug-likeness (QED) is 0.426. The van der Waals surface area contributed by atoms with Gasteiger partial charge in [0.1, 0.15) is 11.9 Å². The number of hydrogen-bond acceptors (Lipinski definition) is 3. The SMILES string of the molecule is Cc1ccc(N2C(=S)N[C@H](c3ccccn3)[C@H]2c2cccn2-c2ccc(Cl)cn2)cc1. The fourth-order valence-corrected chi connectivity index (χ4v) is 4.45. The number of pyridine rings is 2. The third-order valence-electron chi connectivity index (χ3n) is 5.45. The highest BCUT2D eigenvalue weighted by Gasteiger charge is 2.42. The van der Waals surface area contributed by atoms with E-state index in [4.69, 9.17) is 23.8 Å². The predicted octanol–water partition coefficient (Wildman–Crippen LogP) is 5.41. The molecule has 4 aromatic rings. The Morgan fingerprint density at radius 2 is 1.81 bits per heavy atom. The van der Waals surface area contributed by atoms with Crippen LogP contribution >= 0.6 is 23.8 Å². The lowest BCUT2D eigenvalue weighted by Gasteiger charge is -2.29. The maximum atomic E-state index is 6.06. The predicted molar refractivity (Wildman–Crippen MR) is 128 cm³/mol. The molecular formula is C24H20ClN5S. The van der Waals surface area contributed by atoms with Gasteiger partial charge in [-0.1, -0.05) is 35.4 Å². The molecule has 0 saturated carbocycles. The van der Waals surface area contributed by atoms with Gasteiger partial charge in [-0.05, 0) is 67.7 Å². The monoisotopic (exact) mass is 445 g/mol. The molecule has 2 atom stereocenters. The molecular weight excluding hydrogens is 426 g/mol. The molecule has 4 heterocycles. The van der Waals surface area contributed by atoms with Crippen LogP contribution in [0.25, 0.3) is 5.82 Å². The summed E-state index contributed by atoms with van der Waals surface area (Å²) in [5.41, 5.74) is 4.22. The summed E-state index contributed by atoms with van der Waals surface area (Å²) in [5.74, 6) is 0.797. The van der Waals surface area contributed by atoms with Crippen molar-refractivity contribution >= 4 is 34.6 Å². The minimum absolute atomic E-state index is 0.113. The Kier molecular flexibility index (Phi) is 5.18. The minimum Gasteiger partial charge on any atom is -0.351 e. The molecule has 1 saturated heterocycles. The van der Waals surface area contributed by atoms with Crippen LogP contribution in [0, 0.1) is 6.92 Å². The number of rotatable bonds is 4. The van der Waals surface area contributed by atoms with Crippen LogP contribution in [0.4, 0.5) is 5.69 Å². The second kappa shape index (κ2) is 8.13. The molecule has 1 fully saturated rings. The van der Waals surface area contributed by atoms with Gasteiger partial charge in [-0.15, -0.1) is 0 Å². The molecule has 1 N–H and O–H groups in total. The third-order valence-corrected chi connectivity index (χ3v) is 5.99. The van der Waals surface area contributed by atoms with Gasteiger partial charge >= 0.3 is 0 Å². The van der Waals surface area contributed by atoms with Crippen molar-refractivity contribution in [3.8, 4) is 5.82 Å². The Morgan fingerprint density at radius 1 is 0.968 bits per heavy atom. The van der Waals surface area contributed by atoms with E-state index < -0.39 is 0 Å². The Hall–Kier alpha value is -3.22. The number of nitrogens with zero attached hydrogens (tertiary/aromatic N) is 4. The first kappa shape index (κ1) is 19.7. The zero-order valence-corrected chi connectivity index (χ0v) is 18.4. The summed E-state index contributed by atoms with van der Waals surface area (Å²) < 4.78 is 2.08. The highest BCUT2D eigenvalue weighted by molar-refractivity contribution is 7.80. The number of nitrogens with one attached hydrogen (secondary N) is 1. The Balaban J connectivity index is 1.66. The van der Waals surface area contributed by atoms with Crippen LogP contribution in [0.5, 0.6) is 0 Å². The highest BCUT2D eigenvalue weighted by Crippen LogP contribution is 2.42. The van der Waals surface area contributed by atoms with Crippen molar-refractivity contribution in [3.05, 3.63) is 107 Å². The summed E-state index contributed by atoms with van der Waals surface area (Å²) in [4.78, 5) is 11.3. The number of benzene rings is 1. The smallest absolute Gasteiger partial charge is 0.174 e.